The maximum absolute atomic E-state index is 12.9. The van der Waals surface area contributed by atoms with E-state index in [-0.39, 0.29) is 18.7 Å². The summed E-state index contributed by atoms with van der Waals surface area (Å²) in [5.41, 5.74) is 4.58. The van der Waals surface area contributed by atoms with E-state index in [1.54, 1.807) is 0 Å². The van der Waals surface area contributed by atoms with Crippen LogP contribution in [0.3, 0.4) is 0 Å². The van der Waals surface area contributed by atoms with Crippen LogP contribution < -0.4 is 11.4 Å². The van der Waals surface area contributed by atoms with Crippen LogP contribution in [0.2, 0.25) is 0 Å². The Morgan fingerprint density at radius 1 is 0.645 bits per heavy atom. The number of ether oxygens (including phenoxy) is 3. The van der Waals surface area contributed by atoms with Crippen molar-refractivity contribution in [3.63, 3.8) is 0 Å². The molecule has 0 amide bonds. The van der Waals surface area contributed by atoms with Crippen molar-refractivity contribution in [3.8, 4) is 0 Å². The number of aliphatic hydroxyl groups excluding tert-OH is 2. The van der Waals surface area contributed by atoms with Crippen LogP contribution >= 0.6 is 15.6 Å². The van der Waals surface area contributed by atoms with Gasteiger partial charge in [-0.3, -0.25) is 23.2 Å². The number of allylic oxidation sites excluding steroid dienone is 20. The second-order valence-corrected chi connectivity index (χ2v) is 20.7. The summed E-state index contributed by atoms with van der Waals surface area (Å²) in [4.78, 5) is 62.0. The van der Waals surface area contributed by atoms with Gasteiger partial charge in [-0.25, -0.2) is 13.9 Å². The Morgan fingerprint density at radius 3 is 1.64 bits per heavy atom. The molecule has 1 aliphatic rings. The SMILES string of the molecule is CC/C=C\C/C=C\C/C=C\C/C=C\C/C=C\CCCCCC(=O)O[C@H](COC(=O)CC/C=C\C/C=C\C/C=C\C/C=C\C/C=C\CCCCC)COP(=O)(O)OP(=O)(O)OC[C@H]1O[C@@H](n2ccc(N)nc2=O)C(O)[C@H]1O. The van der Waals surface area contributed by atoms with Crippen molar-refractivity contribution in [1.29, 1.82) is 0 Å². The Morgan fingerprint density at radius 2 is 1.13 bits per heavy atom. The fourth-order valence-electron chi connectivity index (χ4n) is 6.97. The first-order valence-corrected chi connectivity index (χ1v) is 29.5. The van der Waals surface area contributed by atoms with Crippen LogP contribution in [-0.2, 0) is 46.3 Å². The number of hydrogen-bond donors (Lipinski definition) is 5. The van der Waals surface area contributed by atoms with Crippen LogP contribution in [-0.4, -0.2) is 85.7 Å². The van der Waals surface area contributed by atoms with Gasteiger partial charge in [-0.1, -0.05) is 155 Å². The number of aliphatic hydroxyl groups is 2. The van der Waals surface area contributed by atoms with Gasteiger partial charge in [0.1, 0.15) is 30.7 Å². The number of aromatic nitrogens is 2. The number of esters is 2. The van der Waals surface area contributed by atoms with Gasteiger partial charge in [0.15, 0.2) is 12.3 Å². The van der Waals surface area contributed by atoms with Crippen LogP contribution in [0.4, 0.5) is 5.82 Å². The fourth-order valence-corrected chi connectivity index (χ4v) is 9.08. The molecule has 0 bridgehead atoms. The highest BCUT2D eigenvalue weighted by Gasteiger charge is 2.46. The average molecular weight is 1100 g/mol. The average Bonchev–Trinajstić information content (AvgIpc) is 3.66. The van der Waals surface area contributed by atoms with Crippen LogP contribution in [0.5, 0.6) is 0 Å². The maximum Gasteiger partial charge on any atom is 0.481 e. The number of nitrogens with two attached hydrogens (primary N) is 1. The number of phosphoric ester groups is 2. The highest BCUT2D eigenvalue weighted by Crippen LogP contribution is 2.60. The molecule has 2 heterocycles. The largest absolute Gasteiger partial charge is 0.481 e. The summed E-state index contributed by atoms with van der Waals surface area (Å²) in [6, 6.07) is 1.24. The van der Waals surface area contributed by atoms with Crippen molar-refractivity contribution in [1.82, 2.24) is 9.55 Å². The Bertz CT molecular complexity index is 2250. The van der Waals surface area contributed by atoms with Crippen molar-refractivity contribution < 1.29 is 66.3 Å². The highest BCUT2D eigenvalue weighted by molar-refractivity contribution is 7.61. The molecule has 20 heteroatoms. The number of carbonyl (C=O) groups is 2. The molecule has 0 aromatic carbocycles. The van der Waals surface area contributed by atoms with Gasteiger partial charge in [0.2, 0.25) is 0 Å². The summed E-state index contributed by atoms with van der Waals surface area (Å²) in [7, 11) is -10.9. The summed E-state index contributed by atoms with van der Waals surface area (Å²) in [5.74, 6) is -1.45. The van der Waals surface area contributed by atoms with E-state index in [9.17, 15) is 43.5 Å². The number of unbranched alkanes of at least 4 members (excludes halogenated alkanes) is 6. The van der Waals surface area contributed by atoms with E-state index in [1.807, 2.05) is 18.2 Å². The predicted molar refractivity (Wildman–Crippen MR) is 297 cm³/mol. The summed E-state index contributed by atoms with van der Waals surface area (Å²) >= 11 is 0. The van der Waals surface area contributed by atoms with Crippen molar-refractivity contribution >= 4 is 33.4 Å². The third kappa shape index (κ3) is 34.0. The second-order valence-electron chi connectivity index (χ2n) is 17.6. The minimum Gasteiger partial charge on any atom is -0.462 e. The maximum atomic E-state index is 12.9. The third-order valence-corrected chi connectivity index (χ3v) is 13.6. The summed E-state index contributed by atoms with van der Waals surface area (Å²) in [6.45, 7) is 1.90. The van der Waals surface area contributed by atoms with E-state index < -0.39 is 83.7 Å². The number of phosphoric acid groups is 2. The molecule has 6 N–H and O–H groups in total. The first-order chi connectivity index (χ1) is 36.7. The molecule has 2 rings (SSSR count). The fraction of sp³-hybridized carbons (Fsp3) is 0.536. The molecule has 0 saturated carbocycles. The zero-order valence-electron chi connectivity index (χ0n) is 44.5. The zero-order valence-corrected chi connectivity index (χ0v) is 46.3. The van der Waals surface area contributed by atoms with Crippen molar-refractivity contribution in [2.45, 2.75) is 173 Å². The normalized spacial score (nSPS) is 19.7. The van der Waals surface area contributed by atoms with Gasteiger partial charge in [0.05, 0.1) is 13.2 Å². The Hall–Kier alpha value is -4.84. The van der Waals surface area contributed by atoms with E-state index >= 15 is 0 Å². The van der Waals surface area contributed by atoms with Gasteiger partial charge >= 0.3 is 33.3 Å². The first-order valence-electron chi connectivity index (χ1n) is 26.5. The van der Waals surface area contributed by atoms with Crippen molar-refractivity contribution in [3.05, 3.63) is 144 Å². The van der Waals surface area contributed by atoms with Gasteiger partial charge in [0, 0.05) is 19.0 Å². The number of nitrogens with zero attached hydrogens (tertiary/aromatic N) is 2. The van der Waals surface area contributed by atoms with Gasteiger partial charge in [-0.05, 0) is 102 Å². The highest BCUT2D eigenvalue weighted by atomic mass is 31.3. The van der Waals surface area contributed by atoms with E-state index in [0.717, 1.165) is 81.4 Å². The second kappa shape index (κ2) is 42.2. The molecule has 1 saturated heterocycles. The number of rotatable bonds is 42. The number of hydrogen-bond acceptors (Lipinski definition) is 15. The molecule has 1 aromatic heterocycles. The number of anilines is 1. The zero-order chi connectivity index (χ0) is 55.5. The molecule has 1 aromatic rings. The molecule has 0 aliphatic carbocycles. The lowest BCUT2D eigenvalue weighted by molar-refractivity contribution is -0.161. The quantitative estimate of drug-likeness (QED) is 0.0176. The topological polar surface area (TPSA) is 265 Å². The third-order valence-electron chi connectivity index (χ3n) is 11.0. The summed E-state index contributed by atoms with van der Waals surface area (Å²) in [6.07, 6.45) is 51.4. The Balaban J connectivity index is 1.84. The van der Waals surface area contributed by atoms with Crippen LogP contribution in [0.25, 0.3) is 0 Å². The van der Waals surface area contributed by atoms with E-state index in [4.69, 9.17) is 29.0 Å². The number of carbonyl (C=O) groups excluding carboxylic acids is 2. The molecule has 3 unspecified atom stereocenters. The van der Waals surface area contributed by atoms with Crippen LogP contribution in [0.15, 0.2) is 139 Å². The lowest BCUT2D eigenvalue weighted by Crippen LogP contribution is -2.36. The molecular weight excluding hydrogens is 1020 g/mol. The van der Waals surface area contributed by atoms with Crippen molar-refractivity contribution in [2.24, 2.45) is 0 Å². The monoisotopic (exact) mass is 1100 g/mol. The van der Waals surface area contributed by atoms with Gasteiger partial charge in [-0.2, -0.15) is 9.29 Å². The lowest BCUT2D eigenvalue weighted by Gasteiger charge is -2.21. The lowest BCUT2D eigenvalue weighted by atomic mass is 10.1. The Labute approximate surface area is 450 Å². The molecule has 76 heavy (non-hydrogen) atoms. The van der Waals surface area contributed by atoms with Gasteiger partial charge < -0.3 is 39.9 Å². The summed E-state index contributed by atoms with van der Waals surface area (Å²) in [5, 5.41) is 20.9. The van der Waals surface area contributed by atoms with Crippen molar-refractivity contribution in [2.75, 3.05) is 25.6 Å². The van der Waals surface area contributed by atoms with Gasteiger partial charge in [0.25, 0.3) is 0 Å². The molecule has 18 nitrogen and oxygen atoms in total. The molecule has 7 atom stereocenters. The predicted octanol–water partition coefficient (Wildman–Crippen LogP) is 11.6. The first kappa shape index (κ1) is 67.3. The molecule has 1 aliphatic heterocycles. The molecule has 1 fully saturated rings. The minimum absolute atomic E-state index is 0.0119. The Kier molecular flexibility index (Phi) is 37.4. The van der Waals surface area contributed by atoms with Crippen LogP contribution in [0, 0.1) is 0 Å². The standard InChI is InChI=1S/C56H85N3O15P2/c1-3-5-7-9-11-13-15-17-19-21-23-25-27-29-31-33-35-37-39-41-51(60)69-45-48(72-52(61)42-40-38-36-34-32-30-28-26-24-22-20-18-16-14-12-10-8-6-4-2)46-70-75(65,66)74-76(67,68)71-47-49-53(62)54(63)55(73-49)59-44-43-50(57)58-56(59)64/h6,8,11-14,17-20,23-26,29-32,35,37,43-44,48-49,53-55,62-63H,3-5,7,9-10,15-16,21-22,27-28,33-34,36,38-42,45-47H2,1-2H3,(H,65,66)(H,67,68)(H2,57,58,64)/b8-6-,13-11-,14-12-,19-17-,20-18-,25-23-,26-24-,31-29-,32-30-,37-35-/t48-,49-,53+,54?,55-/m1/s1. The molecular formula is C56H85N3O15P2. The van der Waals surface area contributed by atoms with Gasteiger partial charge in [-0.15, -0.1) is 0 Å². The smallest absolute Gasteiger partial charge is 0.462 e. The van der Waals surface area contributed by atoms with E-state index in [2.05, 4.69) is 126 Å². The summed E-state index contributed by atoms with van der Waals surface area (Å²) < 4.78 is 56.7. The number of nitrogen functional groups attached to an aromatic ring is 1. The minimum atomic E-state index is -5.45. The van der Waals surface area contributed by atoms with E-state index in [0.29, 0.717) is 25.7 Å². The van der Waals surface area contributed by atoms with Crippen LogP contribution in [0.1, 0.15) is 148 Å². The molecule has 0 radical (unpaired) electrons. The van der Waals surface area contributed by atoms with E-state index in [1.165, 1.54) is 25.3 Å². The molecule has 424 valence electrons. The molecule has 0 spiro atoms.